The molecule has 0 aliphatic heterocycles. The van der Waals surface area contributed by atoms with Gasteiger partial charge >= 0.3 is 0 Å². The first kappa shape index (κ1) is 16.0. The number of halogens is 1. The lowest BCUT2D eigenvalue weighted by atomic mass is 10.1. The minimum absolute atomic E-state index is 0.115. The highest BCUT2D eigenvalue weighted by atomic mass is 32.2. The van der Waals surface area contributed by atoms with Crippen molar-refractivity contribution in [2.75, 3.05) is 6.54 Å². The summed E-state index contributed by atoms with van der Waals surface area (Å²) < 4.78 is 40.1. The molecule has 0 bridgehead atoms. The predicted molar refractivity (Wildman–Crippen MR) is 85.5 cm³/mol. The summed E-state index contributed by atoms with van der Waals surface area (Å²) in [7, 11) is -3.63. The topological polar surface area (TPSA) is 72.2 Å². The quantitative estimate of drug-likeness (QED) is 0.787. The molecule has 0 aliphatic carbocycles. The van der Waals surface area contributed by atoms with Gasteiger partial charge < -0.3 is 5.73 Å². The van der Waals surface area contributed by atoms with Crippen LogP contribution in [0.15, 0.2) is 40.6 Å². The van der Waals surface area contributed by atoms with Crippen molar-refractivity contribution in [1.82, 2.24) is 4.72 Å². The van der Waals surface area contributed by atoms with Crippen molar-refractivity contribution in [2.24, 2.45) is 5.73 Å². The number of hydrogen-bond donors (Lipinski definition) is 2. The molecule has 0 unspecified atom stereocenters. The largest absolute Gasteiger partial charge is 0.389 e. The van der Waals surface area contributed by atoms with Gasteiger partial charge in [-0.05, 0) is 30.2 Å². The molecule has 2 rings (SSSR count). The minimum Gasteiger partial charge on any atom is -0.389 e. The number of benzene rings is 1. The normalized spacial score (nSPS) is 11.5. The van der Waals surface area contributed by atoms with E-state index in [4.69, 9.17) is 18.0 Å². The maximum atomic E-state index is 13.4. The van der Waals surface area contributed by atoms with Crippen LogP contribution < -0.4 is 10.5 Å². The van der Waals surface area contributed by atoms with Gasteiger partial charge in [0.25, 0.3) is 0 Å². The van der Waals surface area contributed by atoms with Crippen LogP contribution in [0.3, 0.4) is 0 Å². The molecule has 1 heterocycles. The van der Waals surface area contributed by atoms with Crippen molar-refractivity contribution in [3.05, 3.63) is 52.7 Å². The molecule has 0 spiro atoms. The van der Waals surface area contributed by atoms with E-state index in [1.54, 1.807) is 24.3 Å². The number of rotatable bonds is 6. The van der Waals surface area contributed by atoms with Gasteiger partial charge in [0.15, 0.2) is 0 Å². The second-order valence-corrected chi connectivity index (χ2v) is 7.74. The van der Waals surface area contributed by atoms with E-state index < -0.39 is 10.0 Å². The van der Waals surface area contributed by atoms with E-state index in [0.29, 0.717) is 10.4 Å². The van der Waals surface area contributed by atoms with E-state index in [0.717, 1.165) is 11.3 Å². The lowest BCUT2D eigenvalue weighted by molar-refractivity contribution is 0.579. The van der Waals surface area contributed by atoms with Crippen LogP contribution in [0.5, 0.6) is 0 Å². The second kappa shape index (κ2) is 6.61. The Bertz CT molecular complexity index is 756. The molecule has 0 radical (unpaired) electrons. The molecule has 0 saturated heterocycles. The predicted octanol–water partition coefficient (Wildman–Crippen LogP) is 2.04. The van der Waals surface area contributed by atoms with Crippen molar-refractivity contribution in [2.45, 2.75) is 10.6 Å². The van der Waals surface area contributed by atoms with Crippen molar-refractivity contribution < 1.29 is 12.8 Å². The van der Waals surface area contributed by atoms with Gasteiger partial charge in [-0.1, -0.05) is 30.4 Å². The fraction of sp³-hybridized carbons (Fsp3) is 0.154. The SMILES string of the molecule is NC(=S)c1ccc(S(=O)(=O)NCCc2ccccc2F)s1. The molecule has 4 nitrogen and oxygen atoms in total. The van der Waals surface area contributed by atoms with Gasteiger partial charge in [-0.2, -0.15) is 0 Å². The zero-order chi connectivity index (χ0) is 15.5. The van der Waals surface area contributed by atoms with Crippen molar-refractivity contribution in [1.29, 1.82) is 0 Å². The summed E-state index contributed by atoms with van der Waals surface area (Å²) in [6.07, 6.45) is 0.277. The number of thiophene rings is 1. The summed E-state index contributed by atoms with van der Waals surface area (Å²) in [6, 6.07) is 9.28. The maximum absolute atomic E-state index is 13.4. The van der Waals surface area contributed by atoms with E-state index in [-0.39, 0.29) is 28.0 Å². The Hall–Kier alpha value is -1.35. The Morgan fingerprint density at radius 1 is 1.29 bits per heavy atom. The summed E-state index contributed by atoms with van der Waals surface area (Å²) >= 11 is 5.80. The second-order valence-electron chi connectivity index (χ2n) is 4.22. The zero-order valence-corrected chi connectivity index (χ0v) is 13.3. The van der Waals surface area contributed by atoms with Crippen LogP contribution in [0.2, 0.25) is 0 Å². The monoisotopic (exact) mass is 344 g/mol. The zero-order valence-electron chi connectivity index (χ0n) is 10.9. The van der Waals surface area contributed by atoms with Gasteiger partial charge in [0.2, 0.25) is 10.0 Å². The molecule has 112 valence electrons. The molecule has 3 N–H and O–H groups in total. The number of thiocarbonyl (C=S) groups is 1. The summed E-state index contributed by atoms with van der Waals surface area (Å²) in [5, 5.41) is 0. The Morgan fingerprint density at radius 3 is 2.62 bits per heavy atom. The molecule has 0 amide bonds. The Balaban J connectivity index is 2.01. The number of sulfonamides is 1. The van der Waals surface area contributed by atoms with Crippen LogP contribution in [-0.2, 0) is 16.4 Å². The summed E-state index contributed by atoms with van der Waals surface area (Å²) in [5.74, 6) is -0.344. The van der Waals surface area contributed by atoms with Crippen molar-refractivity contribution >= 4 is 38.6 Å². The molecule has 2 aromatic rings. The van der Waals surface area contributed by atoms with Gasteiger partial charge in [0.1, 0.15) is 15.0 Å². The van der Waals surface area contributed by atoms with Crippen LogP contribution in [-0.4, -0.2) is 20.0 Å². The summed E-state index contributed by atoms with van der Waals surface area (Å²) in [4.78, 5) is 0.701. The lowest BCUT2D eigenvalue weighted by Gasteiger charge is -2.05. The van der Waals surface area contributed by atoms with Crippen LogP contribution in [0.4, 0.5) is 4.39 Å². The minimum atomic E-state index is -3.63. The molecule has 0 saturated carbocycles. The Labute approximate surface area is 131 Å². The summed E-state index contributed by atoms with van der Waals surface area (Å²) in [5.41, 5.74) is 5.92. The molecule has 21 heavy (non-hydrogen) atoms. The van der Waals surface area contributed by atoms with Gasteiger partial charge in [-0.25, -0.2) is 17.5 Å². The van der Waals surface area contributed by atoms with Gasteiger partial charge in [0, 0.05) is 6.54 Å². The fourth-order valence-electron chi connectivity index (χ4n) is 1.69. The molecule has 0 aliphatic rings. The number of hydrogen-bond acceptors (Lipinski definition) is 4. The summed E-state index contributed by atoms with van der Waals surface area (Å²) in [6.45, 7) is 0.115. The van der Waals surface area contributed by atoms with E-state index in [1.807, 2.05) is 0 Å². The molecule has 1 aromatic heterocycles. The lowest BCUT2D eigenvalue weighted by Crippen LogP contribution is -2.25. The average molecular weight is 344 g/mol. The van der Waals surface area contributed by atoms with Crippen LogP contribution in [0.25, 0.3) is 0 Å². The Kier molecular flexibility index (Phi) is 5.04. The molecule has 1 aromatic carbocycles. The van der Waals surface area contributed by atoms with Crippen LogP contribution in [0.1, 0.15) is 10.4 Å². The molecular weight excluding hydrogens is 331 g/mol. The number of nitrogens with two attached hydrogens (primary N) is 1. The third kappa shape index (κ3) is 4.07. The first-order valence-corrected chi connectivity index (χ1v) is 8.73. The van der Waals surface area contributed by atoms with Crippen LogP contribution >= 0.6 is 23.6 Å². The average Bonchev–Trinajstić information content (AvgIpc) is 2.91. The molecule has 0 fully saturated rings. The standard InChI is InChI=1S/C13H13FN2O2S3/c14-10-4-2-1-3-9(10)7-8-16-21(17,18)12-6-5-11(20-12)13(15)19/h1-6,16H,7-8H2,(H2,15,19). The van der Waals surface area contributed by atoms with E-state index in [1.165, 1.54) is 12.1 Å². The van der Waals surface area contributed by atoms with Crippen LogP contribution in [0, 0.1) is 5.82 Å². The van der Waals surface area contributed by atoms with Gasteiger partial charge in [0.05, 0.1) is 4.88 Å². The highest BCUT2D eigenvalue weighted by Crippen LogP contribution is 2.21. The first-order valence-electron chi connectivity index (χ1n) is 6.03. The van der Waals surface area contributed by atoms with E-state index >= 15 is 0 Å². The van der Waals surface area contributed by atoms with E-state index in [2.05, 4.69) is 4.72 Å². The highest BCUT2D eigenvalue weighted by molar-refractivity contribution is 7.91. The van der Waals surface area contributed by atoms with Gasteiger partial charge in [-0.15, -0.1) is 11.3 Å². The maximum Gasteiger partial charge on any atom is 0.250 e. The fourth-order valence-corrected chi connectivity index (χ4v) is 4.12. The molecule has 0 atom stereocenters. The molecular formula is C13H13FN2O2S3. The number of nitrogens with one attached hydrogen (secondary N) is 1. The Morgan fingerprint density at radius 2 is 2.00 bits per heavy atom. The third-order valence-corrected chi connectivity index (χ3v) is 6.15. The van der Waals surface area contributed by atoms with Crippen molar-refractivity contribution in [3.8, 4) is 0 Å². The highest BCUT2D eigenvalue weighted by Gasteiger charge is 2.17. The van der Waals surface area contributed by atoms with Crippen molar-refractivity contribution in [3.63, 3.8) is 0 Å². The van der Waals surface area contributed by atoms with Gasteiger partial charge in [-0.3, -0.25) is 0 Å². The first-order chi connectivity index (χ1) is 9.90. The smallest absolute Gasteiger partial charge is 0.250 e. The van der Waals surface area contributed by atoms with E-state index in [9.17, 15) is 12.8 Å². The molecule has 8 heteroatoms. The third-order valence-electron chi connectivity index (χ3n) is 2.73.